The normalized spacial score (nSPS) is 34.7. The molecule has 2 heterocycles. The van der Waals surface area contributed by atoms with Crippen molar-refractivity contribution in [3.63, 3.8) is 0 Å². The molecule has 1 N–H and O–H groups in total. The van der Waals surface area contributed by atoms with Gasteiger partial charge in [0.05, 0.1) is 5.92 Å². The number of hydrogen-bond donors (Lipinski definition) is 1. The number of carbonyl (C=O) groups excluding carboxylic acids is 1. The highest BCUT2D eigenvalue weighted by Gasteiger charge is 2.40. The fraction of sp³-hybridized carbons (Fsp3) is 0.917. The molecule has 1 amide bonds. The van der Waals surface area contributed by atoms with E-state index < -0.39 is 0 Å². The van der Waals surface area contributed by atoms with E-state index in [0.717, 1.165) is 32.5 Å². The quantitative estimate of drug-likeness (QED) is 0.706. The van der Waals surface area contributed by atoms with Crippen LogP contribution >= 0.6 is 0 Å². The number of carbonyl (C=O) groups is 1. The molecule has 2 rings (SSSR count). The van der Waals surface area contributed by atoms with Gasteiger partial charge in [0.15, 0.2) is 0 Å². The van der Waals surface area contributed by atoms with Crippen molar-refractivity contribution in [1.82, 2.24) is 10.2 Å². The molecule has 2 fully saturated rings. The summed E-state index contributed by atoms with van der Waals surface area (Å²) in [4.78, 5) is 14.5. The predicted octanol–water partition coefficient (Wildman–Crippen LogP) is 1.24. The lowest BCUT2D eigenvalue weighted by Crippen LogP contribution is -2.47. The van der Waals surface area contributed by atoms with Crippen molar-refractivity contribution >= 4 is 5.91 Å². The number of likely N-dealkylation sites (tertiary alicyclic amines) is 1. The molecule has 2 atom stereocenters. The Morgan fingerprint density at radius 1 is 1.40 bits per heavy atom. The van der Waals surface area contributed by atoms with Crippen LogP contribution in [0, 0.1) is 11.8 Å². The van der Waals surface area contributed by atoms with Crippen LogP contribution in [0.2, 0.25) is 0 Å². The van der Waals surface area contributed by atoms with Crippen LogP contribution in [0.4, 0.5) is 0 Å². The third kappa shape index (κ3) is 1.89. The molecule has 3 heteroatoms. The minimum Gasteiger partial charge on any atom is -0.337 e. The van der Waals surface area contributed by atoms with Gasteiger partial charge in [0, 0.05) is 18.6 Å². The van der Waals surface area contributed by atoms with E-state index in [1.165, 1.54) is 0 Å². The summed E-state index contributed by atoms with van der Waals surface area (Å²) >= 11 is 0. The first-order chi connectivity index (χ1) is 7.02. The Morgan fingerprint density at radius 3 is 2.60 bits per heavy atom. The molecule has 0 aliphatic carbocycles. The summed E-state index contributed by atoms with van der Waals surface area (Å²) in [5.41, 5.74) is 0.0827. The van der Waals surface area contributed by atoms with E-state index in [2.05, 4.69) is 31.0 Å². The van der Waals surface area contributed by atoms with Gasteiger partial charge in [-0.1, -0.05) is 6.92 Å². The Bertz CT molecular complexity index is 262. The van der Waals surface area contributed by atoms with Gasteiger partial charge >= 0.3 is 0 Å². The molecule has 3 nitrogen and oxygen atoms in total. The van der Waals surface area contributed by atoms with Crippen molar-refractivity contribution in [2.75, 3.05) is 19.6 Å². The minimum atomic E-state index is 0.0827. The van der Waals surface area contributed by atoms with Crippen molar-refractivity contribution in [1.29, 1.82) is 0 Å². The maximum Gasteiger partial charge on any atom is 0.227 e. The van der Waals surface area contributed by atoms with Crippen molar-refractivity contribution in [3.8, 4) is 0 Å². The van der Waals surface area contributed by atoms with Gasteiger partial charge in [-0.15, -0.1) is 0 Å². The molecular weight excluding hydrogens is 188 g/mol. The van der Waals surface area contributed by atoms with Gasteiger partial charge in [-0.05, 0) is 39.2 Å². The summed E-state index contributed by atoms with van der Waals surface area (Å²) in [5.74, 6) is 1.08. The van der Waals surface area contributed by atoms with Gasteiger partial charge in [-0.3, -0.25) is 4.79 Å². The van der Waals surface area contributed by atoms with Crippen LogP contribution in [0.5, 0.6) is 0 Å². The fourth-order valence-electron chi connectivity index (χ4n) is 2.86. The molecule has 15 heavy (non-hydrogen) atoms. The first-order valence-corrected chi connectivity index (χ1v) is 6.04. The molecule has 2 aliphatic heterocycles. The van der Waals surface area contributed by atoms with Crippen LogP contribution in [0.1, 0.15) is 33.6 Å². The molecule has 86 valence electrons. The molecule has 0 saturated carbocycles. The van der Waals surface area contributed by atoms with Gasteiger partial charge in [-0.2, -0.15) is 0 Å². The average Bonchev–Trinajstić information content (AvgIpc) is 2.70. The number of nitrogens with zero attached hydrogens (tertiary/aromatic N) is 1. The SMILES string of the molecule is CC1CNCC1C(=O)N1CCCC1(C)C. The van der Waals surface area contributed by atoms with Crippen molar-refractivity contribution in [2.45, 2.75) is 39.2 Å². The van der Waals surface area contributed by atoms with E-state index in [-0.39, 0.29) is 11.5 Å². The van der Waals surface area contributed by atoms with Gasteiger partial charge < -0.3 is 10.2 Å². The molecule has 0 aromatic rings. The molecule has 0 aromatic heterocycles. The largest absolute Gasteiger partial charge is 0.337 e. The monoisotopic (exact) mass is 210 g/mol. The van der Waals surface area contributed by atoms with E-state index in [9.17, 15) is 4.79 Å². The molecular formula is C12H22N2O. The highest BCUT2D eigenvalue weighted by atomic mass is 16.2. The van der Waals surface area contributed by atoms with Gasteiger partial charge in [-0.25, -0.2) is 0 Å². The molecule has 0 bridgehead atoms. The summed E-state index contributed by atoms with van der Waals surface area (Å²) in [5, 5.41) is 3.31. The van der Waals surface area contributed by atoms with Crippen LogP contribution in [0.3, 0.4) is 0 Å². The Kier molecular flexibility index (Phi) is 2.75. The van der Waals surface area contributed by atoms with Gasteiger partial charge in [0.25, 0.3) is 0 Å². The van der Waals surface area contributed by atoms with Crippen LogP contribution in [-0.2, 0) is 4.79 Å². The van der Waals surface area contributed by atoms with Gasteiger partial charge in [0.1, 0.15) is 0 Å². The van der Waals surface area contributed by atoms with E-state index in [0.29, 0.717) is 11.8 Å². The summed E-state index contributed by atoms with van der Waals surface area (Å²) in [7, 11) is 0. The second-order valence-electron chi connectivity index (χ2n) is 5.65. The fourth-order valence-corrected chi connectivity index (χ4v) is 2.86. The third-order valence-corrected chi connectivity index (χ3v) is 4.00. The van der Waals surface area contributed by atoms with Crippen molar-refractivity contribution < 1.29 is 4.79 Å². The number of hydrogen-bond acceptors (Lipinski definition) is 2. The Balaban J connectivity index is 2.07. The summed E-state index contributed by atoms with van der Waals surface area (Å²) < 4.78 is 0. The lowest BCUT2D eigenvalue weighted by Gasteiger charge is -2.34. The summed E-state index contributed by atoms with van der Waals surface area (Å²) in [6.45, 7) is 9.36. The zero-order chi connectivity index (χ0) is 11.1. The number of rotatable bonds is 1. The summed E-state index contributed by atoms with van der Waals surface area (Å²) in [6, 6.07) is 0. The van der Waals surface area contributed by atoms with E-state index in [4.69, 9.17) is 0 Å². The Hall–Kier alpha value is -0.570. The zero-order valence-corrected chi connectivity index (χ0v) is 10.0. The first kappa shape index (κ1) is 10.9. The molecule has 0 radical (unpaired) electrons. The zero-order valence-electron chi connectivity index (χ0n) is 10.0. The molecule has 2 unspecified atom stereocenters. The van der Waals surface area contributed by atoms with Crippen molar-refractivity contribution in [3.05, 3.63) is 0 Å². The molecule has 0 aromatic carbocycles. The van der Waals surface area contributed by atoms with E-state index in [1.54, 1.807) is 0 Å². The average molecular weight is 210 g/mol. The highest BCUT2D eigenvalue weighted by Crippen LogP contribution is 2.31. The van der Waals surface area contributed by atoms with Gasteiger partial charge in [0.2, 0.25) is 5.91 Å². The van der Waals surface area contributed by atoms with Crippen LogP contribution in [-0.4, -0.2) is 36.0 Å². The smallest absolute Gasteiger partial charge is 0.227 e. The highest BCUT2D eigenvalue weighted by molar-refractivity contribution is 5.80. The van der Waals surface area contributed by atoms with Crippen LogP contribution in [0.15, 0.2) is 0 Å². The molecule has 0 spiro atoms. The molecule has 2 aliphatic rings. The lowest BCUT2D eigenvalue weighted by atomic mass is 9.94. The Morgan fingerprint density at radius 2 is 2.13 bits per heavy atom. The first-order valence-electron chi connectivity index (χ1n) is 6.04. The maximum absolute atomic E-state index is 12.4. The minimum absolute atomic E-state index is 0.0827. The second-order valence-corrected chi connectivity index (χ2v) is 5.65. The third-order valence-electron chi connectivity index (χ3n) is 4.00. The van der Waals surface area contributed by atoms with Crippen LogP contribution < -0.4 is 5.32 Å². The predicted molar refractivity (Wildman–Crippen MR) is 60.5 cm³/mol. The topological polar surface area (TPSA) is 32.3 Å². The number of amides is 1. The summed E-state index contributed by atoms with van der Waals surface area (Å²) in [6.07, 6.45) is 2.31. The Labute approximate surface area is 92.2 Å². The van der Waals surface area contributed by atoms with E-state index in [1.807, 2.05) is 0 Å². The van der Waals surface area contributed by atoms with Crippen molar-refractivity contribution in [2.24, 2.45) is 11.8 Å². The lowest BCUT2D eigenvalue weighted by molar-refractivity contribution is -0.139. The van der Waals surface area contributed by atoms with Crippen LogP contribution in [0.25, 0.3) is 0 Å². The molecule has 2 saturated heterocycles. The standard InChI is InChI=1S/C12H22N2O/c1-9-7-13-8-10(9)11(15)14-6-4-5-12(14,2)3/h9-10,13H,4-8H2,1-3H3. The second kappa shape index (κ2) is 3.78. The maximum atomic E-state index is 12.4. The van der Waals surface area contributed by atoms with E-state index >= 15 is 0 Å². The number of nitrogens with one attached hydrogen (secondary N) is 1.